The Balaban J connectivity index is 2.61. The Kier molecular flexibility index (Phi) is 4.60. The lowest BCUT2D eigenvalue weighted by molar-refractivity contribution is 0.0954. The molecule has 0 aliphatic rings. The van der Waals surface area contributed by atoms with Gasteiger partial charge in [-0.15, -0.1) is 11.8 Å². The van der Waals surface area contributed by atoms with Crippen molar-refractivity contribution in [2.45, 2.75) is 27.2 Å². The van der Waals surface area contributed by atoms with Gasteiger partial charge < -0.3 is 5.32 Å². The molecule has 0 atom stereocenters. The van der Waals surface area contributed by atoms with Gasteiger partial charge in [0.05, 0.1) is 0 Å². The van der Waals surface area contributed by atoms with E-state index in [4.69, 9.17) is 0 Å². The average Bonchev–Trinajstić information content (AvgIpc) is 2.22. The van der Waals surface area contributed by atoms with Crippen LogP contribution in [0.5, 0.6) is 0 Å². The van der Waals surface area contributed by atoms with Crippen LogP contribution in [0, 0.1) is 25.7 Å². The monoisotopic (exact) mass is 215 g/mol. The zero-order valence-corrected chi connectivity index (χ0v) is 10.1. The van der Waals surface area contributed by atoms with Crippen LogP contribution in [0.25, 0.3) is 0 Å². The molecular formula is C14H17NO. The number of amides is 1. The summed E-state index contributed by atoms with van der Waals surface area (Å²) in [5.41, 5.74) is 2.94. The molecule has 84 valence electrons. The van der Waals surface area contributed by atoms with Crippen LogP contribution in [0.15, 0.2) is 18.2 Å². The van der Waals surface area contributed by atoms with Gasteiger partial charge in [-0.1, -0.05) is 17.2 Å². The third kappa shape index (κ3) is 3.78. The molecule has 0 aliphatic heterocycles. The molecule has 2 nitrogen and oxygen atoms in total. The van der Waals surface area contributed by atoms with E-state index in [0.29, 0.717) is 13.0 Å². The summed E-state index contributed by atoms with van der Waals surface area (Å²) in [5, 5.41) is 2.85. The summed E-state index contributed by atoms with van der Waals surface area (Å²) in [5.74, 6) is 5.69. The molecule has 0 heterocycles. The predicted molar refractivity (Wildman–Crippen MR) is 66.3 cm³/mol. The first kappa shape index (κ1) is 12.3. The highest BCUT2D eigenvalue weighted by atomic mass is 16.1. The van der Waals surface area contributed by atoms with Crippen LogP contribution < -0.4 is 5.32 Å². The number of hydrogen-bond acceptors (Lipinski definition) is 1. The fourth-order valence-corrected chi connectivity index (χ4v) is 1.57. The van der Waals surface area contributed by atoms with Gasteiger partial charge in [0.25, 0.3) is 5.91 Å². The first-order valence-electron chi connectivity index (χ1n) is 5.39. The van der Waals surface area contributed by atoms with Crippen molar-refractivity contribution in [3.8, 4) is 11.8 Å². The standard InChI is InChI=1S/C14H17NO/c1-4-5-6-7-15-14(16)13-9-11(2)8-12(3)10-13/h8-10H,6-7H2,1-3H3,(H,15,16). The van der Waals surface area contributed by atoms with E-state index in [2.05, 4.69) is 23.2 Å². The summed E-state index contributed by atoms with van der Waals surface area (Å²) in [7, 11) is 0. The van der Waals surface area contributed by atoms with Crippen LogP contribution in [-0.2, 0) is 0 Å². The SMILES string of the molecule is CC#CCCNC(=O)c1cc(C)cc(C)c1. The van der Waals surface area contributed by atoms with Gasteiger partial charge in [0.1, 0.15) is 0 Å². The number of nitrogens with one attached hydrogen (secondary N) is 1. The highest BCUT2D eigenvalue weighted by Gasteiger charge is 2.05. The lowest BCUT2D eigenvalue weighted by Crippen LogP contribution is -2.24. The van der Waals surface area contributed by atoms with E-state index >= 15 is 0 Å². The topological polar surface area (TPSA) is 29.1 Å². The van der Waals surface area contributed by atoms with Crippen LogP contribution >= 0.6 is 0 Å². The minimum Gasteiger partial charge on any atom is -0.351 e. The third-order valence-corrected chi connectivity index (χ3v) is 2.20. The van der Waals surface area contributed by atoms with Crippen LogP contribution in [0.3, 0.4) is 0 Å². The summed E-state index contributed by atoms with van der Waals surface area (Å²) < 4.78 is 0. The summed E-state index contributed by atoms with van der Waals surface area (Å²) in [6.45, 7) is 6.39. The molecule has 1 rings (SSSR count). The minimum atomic E-state index is -0.0234. The van der Waals surface area contributed by atoms with Crippen LogP contribution in [-0.4, -0.2) is 12.5 Å². The van der Waals surface area contributed by atoms with E-state index in [-0.39, 0.29) is 5.91 Å². The van der Waals surface area contributed by atoms with Crippen molar-refractivity contribution in [1.29, 1.82) is 0 Å². The minimum absolute atomic E-state index is 0.0234. The Morgan fingerprint density at radius 3 is 2.44 bits per heavy atom. The molecule has 0 saturated heterocycles. The van der Waals surface area contributed by atoms with E-state index in [0.717, 1.165) is 16.7 Å². The van der Waals surface area contributed by atoms with Crippen molar-refractivity contribution in [2.24, 2.45) is 0 Å². The Hall–Kier alpha value is -1.75. The predicted octanol–water partition coefficient (Wildman–Crippen LogP) is 2.45. The van der Waals surface area contributed by atoms with Crippen LogP contribution in [0.4, 0.5) is 0 Å². The molecule has 16 heavy (non-hydrogen) atoms. The maximum atomic E-state index is 11.8. The summed E-state index contributed by atoms with van der Waals surface area (Å²) in [6, 6.07) is 5.85. The van der Waals surface area contributed by atoms with E-state index in [1.807, 2.05) is 26.0 Å². The molecule has 1 N–H and O–H groups in total. The highest BCUT2D eigenvalue weighted by molar-refractivity contribution is 5.94. The first-order chi connectivity index (χ1) is 7.63. The van der Waals surface area contributed by atoms with Crippen molar-refractivity contribution >= 4 is 5.91 Å². The largest absolute Gasteiger partial charge is 0.351 e. The third-order valence-electron chi connectivity index (χ3n) is 2.20. The highest BCUT2D eigenvalue weighted by Crippen LogP contribution is 2.08. The molecule has 2 heteroatoms. The van der Waals surface area contributed by atoms with Gasteiger partial charge in [-0.25, -0.2) is 0 Å². The first-order valence-corrected chi connectivity index (χ1v) is 5.39. The van der Waals surface area contributed by atoms with Gasteiger partial charge in [-0.3, -0.25) is 4.79 Å². The number of benzene rings is 1. The second-order valence-corrected chi connectivity index (χ2v) is 3.81. The van der Waals surface area contributed by atoms with Gasteiger partial charge in [0, 0.05) is 18.5 Å². The smallest absolute Gasteiger partial charge is 0.251 e. The van der Waals surface area contributed by atoms with Crippen molar-refractivity contribution in [2.75, 3.05) is 6.54 Å². The van der Waals surface area contributed by atoms with Crippen molar-refractivity contribution in [1.82, 2.24) is 5.32 Å². The summed E-state index contributed by atoms with van der Waals surface area (Å²) in [6.07, 6.45) is 0.701. The Labute approximate surface area is 97.1 Å². The molecule has 0 saturated carbocycles. The van der Waals surface area contributed by atoms with Crippen LogP contribution in [0.1, 0.15) is 34.8 Å². The second-order valence-electron chi connectivity index (χ2n) is 3.81. The molecule has 0 radical (unpaired) electrons. The molecule has 0 unspecified atom stereocenters. The van der Waals surface area contributed by atoms with Crippen molar-refractivity contribution in [3.63, 3.8) is 0 Å². The van der Waals surface area contributed by atoms with E-state index < -0.39 is 0 Å². The molecule has 0 aliphatic carbocycles. The lowest BCUT2D eigenvalue weighted by atomic mass is 10.1. The quantitative estimate of drug-likeness (QED) is 0.609. The van der Waals surface area contributed by atoms with Gasteiger partial charge in [-0.2, -0.15) is 0 Å². The van der Waals surface area contributed by atoms with E-state index in [1.165, 1.54) is 0 Å². The number of aryl methyl sites for hydroxylation is 2. The van der Waals surface area contributed by atoms with Crippen molar-refractivity contribution < 1.29 is 4.79 Å². The fraction of sp³-hybridized carbons (Fsp3) is 0.357. The second kappa shape index (κ2) is 5.97. The fourth-order valence-electron chi connectivity index (χ4n) is 1.57. The Morgan fingerprint density at radius 1 is 1.25 bits per heavy atom. The molecule has 1 amide bonds. The normalized spacial score (nSPS) is 9.19. The average molecular weight is 215 g/mol. The summed E-state index contributed by atoms with van der Waals surface area (Å²) in [4.78, 5) is 11.8. The van der Waals surface area contributed by atoms with E-state index in [1.54, 1.807) is 6.92 Å². The van der Waals surface area contributed by atoms with Gasteiger partial charge in [0.15, 0.2) is 0 Å². The maximum Gasteiger partial charge on any atom is 0.251 e. The molecule has 0 fully saturated rings. The molecule has 1 aromatic carbocycles. The molecule has 0 spiro atoms. The van der Waals surface area contributed by atoms with Gasteiger partial charge in [-0.05, 0) is 32.9 Å². The summed E-state index contributed by atoms with van der Waals surface area (Å²) >= 11 is 0. The van der Waals surface area contributed by atoms with Crippen molar-refractivity contribution in [3.05, 3.63) is 34.9 Å². The number of rotatable bonds is 3. The van der Waals surface area contributed by atoms with Gasteiger partial charge >= 0.3 is 0 Å². The lowest BCUT2D eigenvalue weighted by Gasteiger charge is -2.05. The molecule has 0 bridgehead atoms. The zero-order chi connectivity index (χ0) is 12.0. The van der Waals surface area contributed by atoms with Gasteiger partial charge in [0.2, 0.25) is 0 Å². The Bertz CT molecular complexity index is 418. The molecular weight excluding hydrogens is 198 g/mol. The number of carbonyl (C=O) groups is 1. The maximum absolute atomic E-state index is 11.8. The van der Waals surface area contributed by atoms with Crippen LogP contribution in [0.2, 0.25) is 0 Å². The number of hydrogen-bond donors (Lipinski definition) is 1. The Morgan fingerprint density at radius 2 is 1.88 bits per heavy atom. The molecule has 1 aromatic rings. The van der Waals surface area contributed by atoms with E-state index in [9.17, 15) is 4.79 Å². The molecule has 0 aromatic heterocycles. The zero-order valence-electron chi connectivity index (χ0n) is 10.1. The number of carbonyl (C=O) groups excluding carboxylic acids is 1.